The van der Waals surface area contributed by atoms with Crippen molar-refractivity contribution in [3.8, 4) is 11.3 Å². The molecular weight excluding hydrogens is 454 g/mol. The Morgan fingerprint density at radius 2 is 1.97 bits per heavy atom. The van der Waals surface area contributed by atoms with Gasteiger partial charge in [-0.3, -0.25) is 9.59 Å². The second-order valence-electron chi connectivity index (χ2n) is 9.05. The quantitative estimate of drug-likeness (QED) is 0.180. The first-order valence-corrected chi connectivity index (χ1v) is 12.0. The van der Waals surface area contributed by atoms with E-state index in [9.17, 15) is 9.59 Å². The summed E-state index contributed by atoms with van der Waals surface area (Å²) in [5.74, 6) is 0.0720. The van der Waals surface area contributed by atoms with Crippen LogP contribution >= 0.6 is 0 Å². The lowest BCUT2D eigenvalue weighted by Gasteiger charge is -2.17. The van der Waals surface area contributed by atoms with Crippen LogP contribution in [0, 0.1) is 19.3 Å². The Kier molecular flexibility index (Phi) is 9.10. The van der Waals surface area contributed by atoms with E-state index in [1.54, 1.807) is 6.07 Å². The first-order valence-electron chi connectivity index (χ1n) is 12.0. The zero-order valence-corrected chi connectivity index (χ0v) is 21.3. The molecule has 9 nitrogen and oxygen atoms in total. The lowest BCUT2D eigenvalue weighted by molar-refractivity contribution is 0.0950. The van der Waals surface area contributed by atoms with Crippen LogP contribution in [0.15, 0.2) is 41.2 Å². The van der Waals surface area contributed by atoms with Gasteiger partial charge in [-0.1, -0.05) is 18.2 Å². The van der Waals surface area contributed by atoms with Gasteiger partial charge in [-0.05, 0) is 57.0 Å². The van der Waals surface area contributed by atoms with Crippen LogP contribution in [0.25, 0.3) is 11.3 Å². The maximum Gasteiger partial charge on any atom is 0.253 e. The predicted molar refractivity (Wildman–Crippen MR) is 145 cm³/mol. The van der Waals surface area contributed by atoms with Crippen LogP contribution in [0.2, 0.25) is 0 Å². The van der Waals surface area contributed by atoms with Gasteiger partial charge in [0.25, 0.3) is 11.5 Å². The van der Waals surface area contributed by atoms with Gasteiger partial charge in [0.2, 0.25) is 0 Å². The number of anilines is 1. The third-order valence-electron chi connectivity index (χ3n) is 5.67. The highest BCUT2D eigenvalue weighted by molar-refractivity contribution is 6.05. The third-order valence-corrected chi connectivity index (χ3v) is 5.67. The minimum Gasteiger partial charge on any atom is -0.367 e. The standard InChI is InChI=1S/C27H35N7O2/c1-16(2)32-25-22(13-29)21(26(35)31-15-23-17(3)10-18(4)33-27(23)36)12-24(34-25)20-7-5-6-19(11-20)14-30-9-8-28/h5-7,10-13,16,29-30H,8-9,14-15,28H2,1-4H3,(H,31,35)(H,32,34)(H,33,36). The molecule has 3 rings (SSSR count). The Morgan fingerprint density at radius 3 is 2.64 bits per heavy atom. The van der Waals surface area contributed by atoms with Gasteiger partial charge in [0.15, 0.2) is 0 Å². The average molecular weight is 490 g/mol. The lowest BCUT2D eigenvalue weighted by atomic mass is 10.0. The van der Waals surface area contributed by atoms with Gasteiger partial charge < -0.3 is 32.1 Å². The van der Waals surface area contributed by atoms with Gasteiger partial charge in [-0.15, -0.1) is 0 Å². The maximum atomic E-state index is 13.3. The highest BCUT2D eigenvalue weighted by atomic mass is 16.1. The second-order valence-corrected chi connectivity index (χ2v) is 9.05. The van der Waals surface area contributed by atoms with E-state index in [4.69, 9.17) is 16.1 Å². The van der Waals surface area contributed by atoms with E-state index >= 15 is 0 Å². The number of aromatic nitrogens is 2. The molecule has 0 aliphatic carbocycles. The molecule has 0 fully saturated rings. The molecule has 2 aromatic heterocycles. The molecule has 0 bridgehead atoms. The van der Waals surface area contributed by atoms with E-state index in [1.807, 2.05) is 58.0 Å². The Morgan fingerprint density at radius 1 is 1.19 bits per heavy atom. The zero-order chi connectivity index (χ0) is 26.2. The second kappa shape index (κ2) is 12.2. The van der Waals surface area contributed by atoms with Crippen molar-refractivity contribution >= 4 is 17.9 Å². The Balaban J connectivity index is 1.99. The fourth-order valence-electron chi connectivity index (χ4n) is 3.96. The van der Waals surface area contributed by atoms with E-state index in [-0.39, 0.29) is 24.1 Å². The summed E-state index contributed by atoms with van der Waals surface area (Å²) >= 11 is 0. The molecule has 1 aromatic carbocycles. The normalized spacial score (nSPS) is 10.9. The molecule has 7 N–H and O–H groups in total. The summed E-state index contributed by atoms with van der Waals surface area (Å²) in [6, 6.07) is 11.5. The number of aryl methyl sites for hydroxylation is 2. The summed E-state index contributed by atoms with van der Waals surface area (Å²) in [5, 5.41) is 17.4. The molecule has 0 aliphatic rings. The van der Waals surface area contributed by atoms with Crippen molar-refractivity contribution in [2.24, 2.45) is 5.73 Å². The van der Waals surface area contributed by atoms with Crippen LogP contribution < -0.4 is 27.2 Å². The number of hydrogen-bond acceptors (Lipinski definition) is 7. The minimum atomic E-state index is -0.385. The fraction of sp³-hybridized carbons (Fsp3) is 0.333. The number of benzene rings is 1. The number of aromatic amines is 1. The third kappa shape index (κ3) is 6.65. The number of nitrogens with one attached hydrogen (secondary N) is 5. The molecule has 36 heavy (non-hydrogen) atoms. The number of nitrogens with two attached hydrogens (primary N) is 1. The van der Waals surface area contributed by atoms with Gasteiger partial charge >= 0.3 is 0 Å². The van der Waals surface area contributed by atoms with Crippen molar-refractivity contribution < 1.29 is 4.79 Å². The Labute approximate surface area is 211 Å². The van der Waals surface area contributed by atoms with Gasteiger partial charge in [0.05, 0.1) is 11.3 Å². The molecule has 0 radical (unpaired) electrons. The number of rotatable bonds is 11. The number of carbonyl (C=O) groups excluding carboxylic acids is 1. The molecular formula is C27H35N7O2. The molecule has 0 aliphatic heterocycles. The number of hydrogen-bond donors (Lipinski definition) is 6. The van der Waals surface area contributed by atoms with E-state index in [2.05, 4.69) is 20.9 Å². The van der Waals surface area contributed by atoms with Crippen molar-refractivity contribution in [3.05, 3.63) is 80.3 Å². The number of amides is 1. The molecule has 3 aromatic rings. The van der Waals surface area contributed by atoms with Gasteiger partial charge in [0, 0.05) is 60.8 Å². The summed E-state index contributed by atoms with van der Waals surface area (Å²) < 4.78 is 0. The zero-order valence-electron chi connectivity index (χ0n) is 21.3. The summed E-state index contributed by atoms with van der Waals surface area (Å²) in [4.78, 5) is 33.3. The van der Waals surface area contributed by atoms with Crippen molar-refractivity contribution in [2.75, 3.05) is 18.4 Å². The maximum absolute atomic E-state index is 13.3. The fourth-order valence-corrected chi connectivity index (χ4v) is 3.96. The van der Waals surface area contributed by atoms with Gasteiger partial charge in [0.1, 0.15) is 5.82 Å². The van der Waals surface area contributed by atoms with E-state index in [0.717, 1.165) is 28.6 Å². The molecule has 0 atom stereocenters. The Hall–Kier alpha value is -3.82. The average Bonchev–Trinajstić information content (AvgIpc) is 2.82. The molecule has 0 spiro atoms. The molecule has 1 amide bonds. The van der Waals surface area contributed by atoms with Crippen LogP contribution in [0.4, 0.5) is 5.82 Å². The topological polar surface area (TPSA) is 149 Å². The summed E-state index contributed by atoms with van der Waals surface area (Å²) in [6.07, 6.45) is 1.13. The molecule has 0 saturated heterocycles. The van der Waals surface area contributed by atoms with Crippen molar-refractivity contribution in [3.63, 3.8) is 0 Å². The number of nitrogens with zero attached hydrogens (tertiary/aromatic N) is 1. The molecule has 0 unspecified atom stereocenters. The van der Waals surface area contributed by atoms with E-state index in [1.165, 1.54) is 0 Å². The smallest absolute Gasteiger partial charge is 0.253 e. The van der Waals surface area contributed by atoms with E-state index < -0.39 is 0 Å². The van der Waals surface area contributed by atoms with Crippen molar-refractivity contribution in [1.29, 1.82) is 5.41 Å². The first kappa shape index (κ1) is 26.8. The lowest BCUT2D eigenvalue weighted by Crippen LogP contribution is -2.29. The number of carbonyl (C=O) groups is 1. The molecule has 2 heterocycles. The predicted octanol–water partition coefficient (Wildman–Crippen LogP) is 2.85. The summed E-state index contributed by atoms with van der Waals surface area (Å²) in [7, 11) is 0. The highest BCUT2D eigenvalue weighted by Crippen LogP contribution is 2.26. The first-order chi connectivity index (χ1) is 17.2. The SMILES string of the molecule is Cc1cc(C)c(CNC(=O)c2cc(-c3cccc(CNCCN)c3)nc(NC(C)C)c2C=N)c(=O)[nH]1. The molecule has 9 heteroatoms. The molecule has 0 saturated carbocycles. The van der Waals surface area contributed by atoms with Crippen LogP contribution in [0.1, 0.15) is 52.2 Å². The molecule has 190 valence electrons. The summed E-state index contributed by atoms with van der Waals surface area (Å²) in [6.45, 7) is 9.62. The van der Waals surface area contributed by atoms with Crippen LogP contribution in [-0.2, 0) is 13.1 Å². The number of pyridine rings is 2. The minimum absolute atomic E-state index is 0.0444. The van der Waals surface area contributed by atoms with Crippen LogP contribution in [0.3, 0.4) is 0 Å². The van der Waals surface area contributed by atoms with E-state index in [0.29, 0.717) is 47.8 Å². The van der Waals surface area contributed by atoms with Crippen LogP contribution in [0.5, 0.6) is 0 Å². The number of H-pyrrole nitrogens is 1. The largest absolute Gasteiger partial charge is 0.367 e. The monoisotopic (exact) mass is 489 g/mol. The van der Waals surface area contributed by atoms with Crippen molar-refractivity contribution in [2.45, 2.75) is 46.8 Å². The van der Waals surface area contributed by atoms with Crippen LogP contribution in [-0.4, -0.2) is 41.2 Å². The van der Waals surface area contributed by atoms with Gasteiger partial charge in [-0.2, -0.15) is 0 Å². The van der Waals surface area contributed by atoms with Gasteiger partial charge in [-0.25, -0.2) is 4.98 Å². The summed E-state index contributed by atoms with van der Waals surface area (Å²) in [5.41, 5.74) is 10.6. The highest BCUT2D eigenvalue weighted by Gasteiger charge is 2.19. The Bertz CT molecular complexity index is 1300. The van der Waals surface area contributed by atoms with Crippen molar-refractivity contribution in [1.82, 2.24) is 20.6 Å².